The first-order valence-electron chi connectivity index (χ1n) is 8.23. The molecule has 2 atom stereocenters. The van der Waals surface area contributed by atoms with Gasteiger partial charge >= 0.3 is 0 Å². The molecule has 2 aliphatic heterocycles. The highest BCUT2D eigenvalue weighted by Crippen LogP contribution is 2.26. The monoisotopic (exact) mass is 325 g/mol. The van der Waals surface area contributed by atoms with Crippen molar-refractivity contribution in [2.24, 2.45) is 0 Å². The molecule has 2 N–H and O–H groups in total. The van der Waals surface area contributed by atoms with E-state index in [0.717, 1.165) is 23.3 Å². The summed E-state index contributed by atoms with van der Waals surface area (Å²) in [6.07, 6.45) is 5.10. The van der Waals surface area contributed by atoms with Crippen LogP contribution in [0.2, 0.25) is 0 Å². The van der Waals surface area contributed by atoms with Gasteiger partial charge < -0.3 is 15.5 Å². The summed E-state index contributed by atoms with van der Waals surface area (Å²) in [6, 6.07) is 3.77. The van der Waals surface area contributed by atoms with Crippen LogP contribution in [0.1, 0.15) is 30.1 Å². The molecule has 2 saturated heterocycles. The van der Waals surface area contributed by atoms with Gasteiger partial charge in [0.2, 0.25) is 5.91 Å². The lowest BCUT2D eigenvalue weighted by molar-refractivity contribution is -0.120. The van der Waals surface area contributed by atoms with E-state index in [1.807, 2.05) is 6.07 Å². The summed E-state index contributed by atoms with van der Waals surface area (Å²) >= 11 is 0. The second-order valence-corrected chi connectivity index (χ2v) is 6.40. The van der Waals surface area contributed by atoms with Gasteiger partial charge in [-0.2, -0.15) is 0 Å². The van der Waals surface area contributed by atoms with Gasteiger partial charge in [-0.1, -0.05) is 0 Å². The van der Waals surface area contributed by atoms with Crippen molar-refractivity contribution >= 4 is 28.5 Å². The quantitative estimate of drug-likeness (QED) is 0.873. The van der Waals surface area contributed by atoms with Crippen molar-refractivity contribution in [3.63, 3.8) is 0 Å². The molecule has 0 spiro atoms. The van der Waals surface area contributed by atoms with Crippen LogP contribution in [0.3, 0.4) is 0 Å². The highest BCUT2D eigenvalue weighted by Gasteiger charge is 2.27. The van der Waals surface area contributed by atoms with Crippen molar-refractivity contribution in [2.45, 2.75) is 31.8 Å². The third-order valence-electron chi connectivity index (χ3n) is 4.78. The molecule has 0 bridgehead atoms. The Morgan fingerprint density at radius 3 is 2.83 bits per heavy atom. The number of pyridine rings is 2. The Labute approximate surface area is 139 Å². The summed E-state index contributed by atoms with van der Waals surface area (Å²) in [5.41, 5.74) is 1.25. The largest absolute Gasteiger partial charge is 0.354 e. The van der Waals surface area contributed by atoms with E-state index in [4.69, 9.17) is 0 Å². The number of hydrogen-bond acceptors (Lipinski definition) is 5. The van der Waals surface area contributed by atoms with Crippen molar-refractivity contribution in [3.05, 3.63) is 30.1 Å². The van der Waals surface area contributed by atoms with Gasteiger partial charge in [-0.15, -0.1) is 0 Å². The zero-order valence-corrected chi connectivity index (χ0v) is 13.5. The summed E-state index contributed by atoms with van der Waals surface area (Å²) in [5.74, 6) is 0.507. The summed E-state index contributed by atoms with van der Waals surface area (Å²) in [6.45, 7) is 3.79. The fourth-order valence-corrected chi connectivity index (χ4v) is 3.12. The van der Waals surface area contributed by atoms with Crippen LogP contribution in [0.5, 0.6) is 0 Å². The topological polar surface area (TPSA) is 87.2 Å². The molecule has 4 heterocycles. The maximum Gasteiger partial charge on any atom is 0.253 e. The van der Waals surface area contributed by atoms with Crippen LogP contribution >= 0.6 is 0 Å². The molecule has 124 valence electrons. The third kappa shape index (κ3) is 2.55. The zero-order chi connectivity index (χ0) is 16.7. The molecule has 0 unspecified atom stereocenters. The van der Waals surface area contributed by atoms with Gasteiger partial charge in [0.25, 0.3) is 5.91 Å². The lowest BCUT2D eigenvalue weighted by Crippen LogP contribution is -2.46. The van der Waals surface area contributed by atoms with E-state index in [1.165, 1.54) is 6.42 Å². The number of nitrogens with one attached hydrogen (secondary N) is 2. The van der Waals surface area contributed by atoms with Crippen LogP contribution in [0, 0.1) is 0 Å². The first-order valence-corrected chi connectivity index (χ1v) is 8.23. The molecule has 0 aliphatic carbocycles. The predicted molar refractivity (Wildman–Crippen MR) is 89.8 cm³/mol. The first kappa shape index (κ1) is 14.9. The number of aromatic nitrogens is 2. The molecule has 0 aromatic carbocycles. The van der Waals surface area contributed by atoms with Crippen LogP contribution in [0.4, 0.5) is 5.82 Å². The number of rotatable bonds is 3. The maximum atomic E-state index is 12.3. The Kier molecular flexibility index (Phi) is 3.55. The smallest absolute Gasteiger partial charge is 0.253 e. The highest BCUT2D eigenvalue weighted by atomic mass is 16.2. The Morgan fingerprint density at radius 1 is 1.29 bits per heavy atom. The predicted octanol–water partition coefficient (Wildman–Crippen LogP) is 0.847. The molecule has 2 aromatic heterocycles. The van der Waals surface area contributed by atoms with Gasteiger partial charge in [0.15, 0.2) is 0 Å². The van der Waals surface area contributed by atoms with Gasteiger partial charge in [0.05, 0.1) is 11.1 Å². The van der Waals surface area contributed by atoms with Gasteiger partial charge in [0, 0.05) is 43.0 Å². The number of carbonyl (C=O) groups excluding carboxylic acids is 2. The van der Waals surface area contributed by atoms with Crippen molar-refractivity contribution in [2.75, 3.05) is 18.0 Å². The van der Waals surface area contributed by atoms with Crippen molar-refractivity contribution in [1.82, 2.24) is 20.6 Å². The first-order chi connectivity index (χ1) is 11.6. The summed E-state index contributed by atoms with van der Waals surface area (Å²) < 4.78 is 0. The Bertz CT molecular complexity index is 822. The van der Waals surface area contributed by atoms with Gasteiger partial charge in [0.1, 0.15) is 11.9 Å². The van der Waals surface area contributed by atoms with Crippen molar-refractivity contribution < 1.29 is 9.59 Å². The van der Waals surface area contributed by atoms with Gasteiger partial charge in [-0.05, 0) is 25.8 Å². The molecule has 7 heteroatoms. The van der Waals surface area contributed by atoms with Crippen molar-refractivity contribution in [1.29, 1.82) is 0 Å². The van der Waals surface area contributed by atoms with Crippen LogP contribution in [-0.4, -0.2) is 47.0 Å². The standard InChI is InChI=1S/C17H19N5O2/c1-10-3-5-22(10)15-7-14-11(8-20-15)6-12(9-19-14)16(23)21-13-2-4-18-17(13)24/h6-10,13H,2-5H2,1H3,(H,18,24)(H,21,23)/t10-,13-/m0/s1. The summed E-state index contributed by atoms with van der Waals surface area (Å²) in [5, 5.41) is 6.26. The van der Waals surface area contributed by atoms with E-state index in [2.05, 4.69) is 32.4 Å². The molecule has 2 aromatic rings. The van der Waals surface area contributed by atoms with E-state index >= 15 is 0 Å². The zero-order valence-electron chi connectivity index (χ0n) is 13.5. The van der Waals surface area contributed by atoms with Crippen LogP contribution in [-0.2, 0) is 4.79 Å². The van der Waals surface area contributed by atoms with Crippen LogP contribution < -0.4 is 15.5 Å². The molecule has 2 fully saturated rings. The molecule has 2 amide bonds. The number of hydrogen-bond donors (Lipinski definition) is 2. The Balaban J connectivity index is 1.55. The van der Waals surface area contributed by atoms with Crippen molar-refractivity contribution in [3.8, 4) is 0 Å². The average molecular weight is 325 g/mol. The summed E-state index contributed by atoms with van der Waals surface area (Å²) in [7, 11) is 0. The number of fused-ring (bicyclic) bond motifs is 1. The van der Waals surface area contributed by atoms with Gasteiger partial charge in [-0.25, -0.2) is 4.98 Å². The minimum atomic E-state index is -0.457. The number of anilines is 1. The lowest BCUT2D eigenvalue weighted by Gasteiger charge is -2.39. The number of carbonyl (C=O) groups is 2. The van der Waals surface area contributed by atoms with E-state index in [9.17, 15) is 9.59 Å². The Hall–Kier alpha value is -2.70. The van der Waals surface area contributed by atoms with E-state index < -0.39 is 6.04 Å². The second kappa shape index (κ2) is 5.74. The van der Waals surface area contributed by atoms with Crippen LogP contribution in [0.15, 0.2) is 24.5 Å². The lowest BCUT2D eigenvalue weighted by atomic mass is 10.1. The van der Waals surface area contributed by atoms with E-state index in [0.29, 0.717) is 24.6 Å². The molecular formula is C17H19N5O2. The fraction of sp³-hybridized carbons (Fsp3) is 0.412. The molecule has 0 saturated carbocycles. The molecule has 4 rings (SSSR count). The van der Waals surface area contributed by atoms with Gasteiger partial charge in [-0.3, -0.25) is 14.6 Å². The fourth-order valence-electron chi connectivity index (χ4n) is 3.12. The number of amides is 2. The molecule has 2 aliphatic rings. The second-order valence-electron chi connectivity index (χ2n) is 6.40. The highest BCUT2D eigenvalue weighted by molar-refractivity contribution is 6.00. The molecule has 0 radical (unpaired) electrons. The minimum Gasteiger partial charge on any atom is -0.354 e. The number of nitrogens with zero attached hydrogens (tertiary/aromatic N) is 3. The van der Waals surface area contributed by atoms with E-state index in [-0.39, 0.29) is 11.8 Å². The molecule has 24 heavy (non-hydrogen) atoms. The average Bonchev–Trinajstić information content (AvgIpc) is 2.97. The molecule has 7 nitrogen and oxygen atoms in total. The summed E-state index contributed by atoms with van der Waals surface area (Å²) in [4.78, 5) is 35.0. The SMILES string of the molecule is C[C@H]1CCN1c1cc2ncc(C(=O)N[C@H]3CCNC3=O)cc2cn1. The molecular weight excluding hydrogens is 306 g/mol. The minimum absolute atomic E-state index is 0.132. The Morgan fingerprint density at radius 2 is 2.17 bits per heavy atom. The third-order valence-corrected chi connectivity index (χ3v) is 4.78. The van der Waals surface area contributed by atoms with Crippen LogP contribution in [0.25, 0.3) is 10.9 Å². The normalized spacial score (nSPS) is 23.0. The maximum absolute atomic E-state index is 12.3. The van der Waals surface area contributed by atoms with E-state index in [1.54, 1.807) is 18.5 Å².